The molecule has 0 aliphatic carbocycles. The van der Waals surface area contributed by atoms with Crippen LogP contribution in [-0.4, -0.2) is 33.9 Å². The molecule has 1 N–H and O–H groups in total. The monoisotopic (exact) mass is 451 g/mol. The Kier molecular flexibility index (Phi) is 6.09. The Labute approximate surface area is 186 Å². The number of benzene rings is 3. The maximum absolute atomic E-state index is 13.3. The fraction of sp³-hybridized carbons (Fsp3) is 0.130. The number of aryl methyl sites for hydroxylation is 1. The van der Waals surface area contributed by atoms with E-state index in [0.717, 1.165) is 9.87 Å². The van der Waals surface area contributed by atoms with Gasteiger partial charge in [0.1, 0.15) is 6.54 Å². The first-order valence-electron chi connectivity index (χ1n) is 9.80. The molecule has 0 aromatic heterocycles. The molecule has 0 bridgehead atoms. The molecule has 3 aromatic rings. The largest absolute Gasteiger partial charge is 0.454 e. The van der Waals surface area contributed by atoms with Gasteiger partial charge in [-0.3, -0.25) is 9.10 Å². The lowest BCUT2D eigenvalue weighted by Gasteiger charge is -2.25. The molecule has 0 unspecified atom stereocenters. The molecule has 0 atom stereocenters. The quantitative estimate of drug-likeness (QED) is 0.440. The van der Waals surface area contributed by atoms with E-state index in [-0.39, 0.29) is 11.7 Å². The van der Waals surface area contributed by atoms with Crippen LogP contribution in [0.5, 0.6) is 11.5 Å². The molecule has 9 heteroatoms. The first kappa shape index (κ1) is 21.4. The second kappa shape index (κ2) is 9.11. The second-order valence-electron chi connectivity index (χ2n) is 7.02. The zero-order valence-corrected chi connectivity index (χ0v) is 18.1. The summed E-state index contributed by atoms with van der Waals surface area (Å²) in [5, 5.41) is 3.95. The van der Waals surface area contributed by atoms with E-state index in [1.807, 2.05) is 6.07 Å². The van der Waals surface area contributed by atoms with E-state index in [1.165, 1.54) is 18.3 Å². The van der Waals surface area contributed by atoms with Gasteiger partial charge in [0.2, 0.25) is 6.79 Å². The second-order valence-corrected chi connectivity index (χ2v) is 8.88. The molecule has 4 rings (SSSR count). The lowest BCUT2D eigenvalue weighted by molar-refractivity contribution is -0.119. The van der Waals surface area contributed by atoms with Crippen molar-refractivity contribution in [2.45, 2.75) is 11.8 Å². The molecule has 0 radical (unpaired) electrons. The molecule has 0 spiro atoms. The summed E-state index contributed by atoms with van der Waals surface area (Å²) in [6.07, 6.45) is 1.45. The van der Waals surface area contributed by atoms with E-state index in [0.29, 0.717) is 22.7 Å². The molecule has 1 amide bonds. The SMILES string of the molecule is Cc1ccccc1N(CC(=O)NN=Cc1ccc2c(c1)OCO2)S(=O)(=O)c1ccccc1. The van der Waals surface area contributed by atoms with Gasteiger partial charge >= 0.3 is 0 Å². The van der Waals surface area contributed by atoms with Crippen LogP contribution < -0.4 is 19.2 Å². The van der Waals surface area contributed by atoms with Gasteiger partial charge in [0.25, 0.3) is 15.9 Å². The van der Waals surface area contributed by atoms with E-state index >= 15 is 0 Å². The Morgan fingerprint density at radius 3 is 2.53 bits per heavy atom. The molecule has 32 heavy (non-hydrogen) atoms. The molecular weight excluding hydrogens is 430 g/mol. The molecule has 1 aliphatic rings. The van der Waals surface area contributed by atoms with E-state index in [4.69, 9.17) is 9.47 Å². The summed E-state index contributed by atoms with van der Waals surface area (Å²) in [6.45, 7) is 1.52. The fourth-order valence-corrected chi connectivity index (χ4v) is 4.71. The molecule has 8 nitrogen and oxygen atoms in total. The number of carbonyl (C=O) groups excluding carboxylic acids is 1. The van der Waals surface area contributed by atoms with Crippen molar-refractivity contribution in [2.24, 2.45) is 5.10 Å². The standard InChI is InChI=1S/C23H21N3O5S/c1-17-7-5-6-10-20(17)26(32(28,29)19-8-3-2-4-9-19)15-23(27)25-24-14-18-11-12-21-22(13-18)31-16-30-21/h2-14H,15-16H2,1H3,(H,25,27). The Morgan fingerprint density at radius 1 is 1.03 bits per heavy atom. The van der Waals surface area contributed by atoms with Gasteiger partial charge in [0, 0.05) is 0 Å². The molecule has 0 saturated heterocycles. The number of nitrogens with one attached hydrogen (secondary N) is 1. The number of fused-ring (bicyclic) bond motifs is 1. The van der Waals surface area contributed by atoms with Gasteiger partial charge in [-0.25, -0.2) is 13.8 Å². The predicted molar refractivity (Wildman–Crippen MR) is 120 cm³/mol. The number of ether oxygens (including phenoxy) is 2. The normalized spacial score (nSPS) is 12.7. The van der Waals surface area contributed by atoms with Crippen molar-refractivity contribution < 1.29 is 22.7 Å². The number of para-hydroxylation sites is 1. The third-order valence-corrected chi connectivity index (χ3v) is 6.58. The minimum absolute atomic E-state index is 0.0971. The van der Waals surface area contributed by atoms with Gasteiger partial charge in [0.15, 0.2) is 11.5 Å². The summed E-state index contributed by atoms with van der Waals surface area (Å²) in [7, 11) is -3.97. The van der Waals surface area contributed by atoms with Gasteiger partial charge in [-0.2, -0.15) is 5.10 Å². The number of sulfonamides is 1. The van der Waals surface area contributed by atoms with Crippen molar-refractivity contribution in [3.05, 3.63) is 83.9 Å². The topological polar surface area (TPSA) is 97.3 Å². The number of hydrogen-bond donors (Lipinski definition) is 1. The number of hydrogen-bond acceptors (Lipinski definition) is 6. The van der Waals surface area contributed by atoms with Crippen LogP contribution in [0.2, 0.25) is 0 Å². The van der Waals surface area contributed by atoms with Crippen molar-refractivity contribution in [2.75, 3.05) is 17.6 Å². The number of anilines is 1. The van der Waals surface area contributed by atoms with Gasteiger partial charge in [0.05, 0.1) is 16.8 Å². The van der Waals surface area contributed by atoms with Crippen LogP contribution in [0.25, 0.3) is 0 Å². The highest BCUT2D eigenvalue weighted by Gasteiger charge is 2.28. The van der Waals surface area contributed by atoms with Gasteiger partial charge in [-0.15, -0.1) is 0 Å². The summed E-state index contributed by atoms with van der Waals surface area (Å²) in [5.41, 5.74) is 4.24. The number of hydrazone groups is 1. The third-order valence-electron chi connectivity index (χ3n) is 4.80. The number of carbonyl (C=O) groups is 1. The molecule has 0 fully saturated rings. The van der Waals surface area contributed by atoms with Gasteiger partial charge in [-0.1, -0.05) is 36.4 Å². The van der Waals surface area contributed by atoms with Crippen LogP contribution in [0.1, 0.15) is 11.1 Å². The summed E-state index contributed by atoms with van der Waals surface area (Å²) in [5.74, 6) is 0.663. The summed E-state index contributed by atoms with van der Waals surface area (Å²) in [4.78, 5) is 12.7. The van der Waals surface area contributed by atoms with Crippen LogP contribution in [-0.2, 0) is 14.8 Å². The number of rotatable bonds is 7. The van der Waals surface area contributed by atoms with Crippen molar-refractivity contribution in [1.29, 1.82) is 0 Å². The number of amides is 1. The lowest BCUT2D eigenvalue weighted by atomic mass is 10.2. The van der Waals surface area contributed by atoms with Crippen LogP contribution >= 0.6 is 0 Å². The van der Waals surface area contributed by atoms with E-state index in [1.54, 1.807) is 61.5 Å². The Bertz CT molecular complexity index is 1260. The molecule has 1 heterocycles. The molecule has 0 saturated carbocycles. The summed E-state index contributed by atoms with van der Waals surface area (Å²) >= 11 is 0. The van der Waals surface area contributed by atoms with Crippen LogP contribution in [0.15, 0.2) is 82.8 Å². The predicted octanol–water partition coefficient (Wildman–Crippen LogP) is 3.07. The maximum atomic E-state index is 13.3. The van der Waals surface area contributed by atoms with Crippen LogP contribution in [0.3, 0.4) is 0 Å². The van der Waals surface area contributed by atoms with Crippen molar-refractivity contribution >= 4 is 27.8 Å². The first-order chi connectivity index (χ1) is 15.4. The molecule has 164 valence electrons. The minimum atomic E-state index is -3.97. The van der Waals surface area contributed by atoms with Crippen molar-refractivity contribution in [3.63, 3.8) is 0 Å². The summed E-state index contributed by atoms with van der Waals surface area (Å²) < 4.78 is 38.3. The fourth-order valence-electron chi connectivity index (χ4n) is 3.20. The average Bonchev–Trinajstić information content (AvgIpc) is 3.26. The highest BCUT2D eigenvalue weighted by molar-refractivity contribution is 7.92. The van der Waals surface area contributed by atoms with Gasteiger partial charge < -0.3 is 9.47 Å². The average molecular weight is 452 g/mol. The lowest BCUT2D eigenvalue weighted by Crippen LogP contribution is -2.40. The highest BCUT2D eigenvalue weighted by atomic mass is 32.2. The van der Waals surface area contributed by atoms with Crippen molar-refractivity contribution in [1.82, 2.24) is 5.43 Å². The maximum Gasteiger partial charge on any atom is 0.264 e. The van der Waals surface area contributed by atoms with Crippen LogP contribution in [0, 0.1) is 6.92 Å². The Hall–Kier alpha value is -3.85. The smallest absolute Gasteiger partial charge is 0.264 e. The molecule has 1 aliphatic heterocycles. The van der Waals surface area contributed by atoms with Crippen LogP contribution in [0.4, 0.5) is 5.69 Å². The third kappa shape index (κ3) is 4.57. The highest BCUT2D eigenvalue weighted by Crippen LogP contribution is 2.32. The zero-order valence-electron chi connectivity index (χ0n) is 17.3. The number of nitrogens with zero attached hydrogens (tertiary/aromatic N) is 2. The summed E-state index contributed by atoms with van der Waals surface area (Å²) in [6, 6.07) is 20.2. The Morgan fingerprint density at radius 2 is 1.75 bits per heavy atom. The van der Waals surface area contributed by atoms with Crippen molar-refractivity contribution in [3.8, 4) is 11.5 Å². The zero-order chi connectivity index (χ0) is 22.6. The van der Waals surface area contributed by atoms with Gasteiger partial charge in [-0.05, 0) is 54.4 Å². The van der Waals surface area contributed by atoms with E-state index < -0.39 is 22.5 Å². The molecular formula is C23H21N3O5S. The van der Waals surface area contributed by atoms with E-state index in [2.05, 4.69) is 10.5 Å². The molecule has 3 aromatic carbocycles. The minimum Gasteiger partial charge on any atom is -0.454 e. The first-order valence-corrected chi connectivity index (χ1v) is 11.2. The Balaban J connectivity index is 1.53. The van der Waals surface area contributed by atoms with E-state index in [9.17, 15) is 13.2 Å².